The van der Waals surface area contributed by atoms with E-state index in [0.29, 0.717) is 6.54 Å². The van der Waals surface area contributed by atoms with Gasteiger partial charge in [-0.1, -0.05) is 23.7 Å². The lowest BCUT2D eigenvalue weighted by Gasteiger charge is -1.93. The predicted octanol–water partition coefficient (Wildman–Crippen LogP) is 2.43. The van der Waals surface area contributed by atoms with Crippen molar-refractivity contribution >= 4 is 17.6 Å². The highest BCUT2D eigenvalue weighted by Gasteiger charge is 2.38. The first-order valence-corrected chi connectivity index (χ1v) is 4.39. The van der Waals surface area contributed by atoms with E-state index < -0.39 is 12.1 Å². The zero-order valence-electron chi connectivity index (χ0n) is 7.96. The second-order valence-electron chi connectivity index (χ2n) is 2.63. The fourth-order valence-corrected chi connectivity index (χ4v) is 0.746. The number of carbonyl (C=O) groups is 1. The fourth-order valence-electron chi connectivity index (χ4n) is 0.620. The first-order valence-electron chi connectivity index (χ1n) is 4.02. The zero-order valence-corrected chi connectivity index (χ0v) is 8.72. The normalized spacial score (nSPS) is 10.3. The second kappa shape index (κ2) is 6.34. The highest BCUT2D eigenvalue weighted by molar-refractivity contribution is 6.30. The Morgan fingerprint density at radius 3 is 1.94 bits per heavy atom. The third-order valence-electron chi connectivity index (χ3n) is 1.39. The number of carboxylic acids is 1. The zero-order chi connectivity index (χ0) is 12.8. The van der Waals surface area contributed by atoms with E-state index in [4.69, 9.17) is 27.2 Å². The Hall–Kier alpha value is -1.27. The van der Waals surface area contributed by atoms with Gasteiger partial charge in [0, 0.05) is 11.6 Å². The van der Waals surface area contributed by atoms with E-state index >= 15 is 0 Å². The van der Waals surface area contributed by atoms with Gasteiger partial charge in [0.25, 0.3) is 0 Å². The molecule has 0 aliphatic rings. The molecule has 0 saturated heterocycles. The van der Waals surface area contributed by atoms with Crippen molar-refractivity contribution in [3.63, 3.8) is 0 Å². The molecule has 1 aromatic carbocycles. The third kappa shape index (κ3) is 6.26. The van der Waals surface area contributed by atoms with Crippen molar-refractivity contribution in [3.8, 4) is 0 Å². The van der Waals surface area contributed by atoms with Gasteiger partial charge < -0.3 is 10.8 Å². The molecule has 0 fully saturated rings. The summed E-state index contributed by atoms with van der Waals surface area (Å²) in [7, 11) is 0. The van der Waals surface area contributed by atoms with Crippen molar-refractivity contribution in [2.24, 2.45) is 5.73 Å². The van der Waals surface area contributed by atoms with Gasteiger partial charge in [0.15, 0.2) is 0 Å². The Morgan fingerprint density at radius 2 is 1.69 bits per heavy atom. The van der Waals surface area contributed by atoms with Crippen LogP contribution < -0.4 is 5.73 Å². The summed E-state index contributed by atoms with van der Waals surface area (Å²) in [6, 6.07) is 7.51. The number of carboxylic acid groups (broad SMARTS) is 1. The predicted molar refractivity (Wildman–Crippen MR) is 53.0 cm³/mol. The van der Waals surface area contributed by atoms with Crippen LogP contribution in [0.5, 0.6) is 0 Å². The molecular weight excluding hydrogens is 247 g/mol. The Bertz CT molecular complexity index is 338. The number of alkyl halides is 3. The monoisotopic (exact) mass is 255 g/mol. The lowest BCUT2D eigenvalue weighted by molar-refractivity contribution is -0.192. The molecule has 0 atom stereocenters. The van der Waals surface area contributed by atoms with E-state index in [9.17, 15) is 13.2 Å². The number of hydrogen-bond acceptors (Lipinski definition) is 2. The minimum Gasteiger partial charge on any atom is -0.475 e. The average molecular weight is 256 g/mol. The number of benzene rings is 1. The summed E-state index contributed by atoms with van der Waals surface area (Å²) < 4.78 is 31.7. The highest BCUT2D eigenvalue weighted by atomic mass is 35.5. The maximum Gasteiger partial charge on any atom is 0.490 e. The van der Waals surface area contributed by atoms with Gasteiger partial charge in [0.2, 0.25) is 0 Å². The number of nitrogens with two attached hydrogens (primary N) is 1. The minimum absolute atomic E-state index is 0.581. The molecule has 0 unspecified atom stereocenters. The van der Waals surface area contributed by atoms with Gasteiger partial charge in [-0.2, -0.15) is 13.2 Å². The smallest absolute Gasteiger partial charge is 0.475 e. The number of aliphatic carboxylic acids is 1. The largest absolute Gasteiger partial charge is 0.490 e. The summed E-state index contributed by atoms with van der Waals surface area (Å²) in [5, 5.41) is 7.88. The summed E-state index contributed by atoms with van der Waals surface area (Å²) in [6.07, 6.45) is -5.08. The van der Waals surface area contributed by atoms with Crippen LogP contribution >= 0.6 is 11.6 Å². The van der Waals surface area contributed by atoms with Crippen LogP contribution in [0.4, 0.5) is 13.2 Å². The molecule has 1 rings (SSSR count). The van der Waals surface area contributed by atoms with Crippen molar-refractivity contribution in [2.75, 3.05) is 0 Å². The van der Waals surface area contributed by atoms with Crippen molar-refractivity contribution in [1.29, 1.82) is 0 Å². The summed E-state index contributed by atoms with van der Waals surface area (Å²) in [4.78, 5) is 8.90. The molecule has 90 valence electrons. The van der Waals surface area contributed by atoms with Crippen molar-refractivity contribution in [2.45, 2.75) is 12.7 Å². The second-order valence-corrected chi connectivity index (χ2v) is 3.07. The lowest BCUT2D eigenvalue weighted by Crippen LogP contribution is -2.21. The Morgan fingerprint density at radius 1 is 1.31 bits per heavy atom. The van der Waals surface area contributed by atoms with Gasteiger partial charge in [-0.05, 0) is 17.7 Å². The molecule has 7 heteroatoms. The van der Waals surface area contributed by atoms with Gasteiger partial charge in [0.05, 0.1) is 0 Å². The van der Waals surface area contributed by atoms with Crippen LogP contribution in [0.2, 0.25) is 5.02 Å². The van der Waals surface area contributed by atoms with E-state index in [-0.39, 0.29) is 0 Å². The summed E-state index contributed by atoms with van der Waals surface area (Å²) in [6.45, 7) is 0.581. The maximum atomic E-state index is 10.6. The van der Waals surface area contributed by atoms with Gasteiger partial charge in [-0.3, -0.25) is 0 Å². The van der Waals surface area contributed by atoms with E-state index in [1.807, 2.05) is 24.3 Å². The third-order valence-corrected chi connectivity index (χ3v) is 1.64. The SMILES string of the molecule is NCc1ccc(Cl)cc1.O=C(O)C(F)(F)F. The first-order chi connectivity index (χ1) is 7.27. The molecule has 0 bridgehead atoms. The number of rotatable bonds is 1. The molecule has 3 N–H and O–H groups in total. The van der Waals surface area contributed by atoms with Crippen molar-refractivity contribution < 1.29 is 23.1 Å². The lowest BCUT2D eigenvalue weighted by atomic mass is 10.2. The van der Waals surface area contributed by atoms with Gasteiger partial charge in [-0.25, -0.2) is 4.79 Å². The van der Waals surface area contributed by atoms with Gasteiger partial charge >= 0.3 is 12.1 Å². The van der Waals surface area contributed by atoms with Gasteiger partial charge in [0.1, 0.15) is 0 Å². The molecule has 0 saturated carbocycles. The molecule has 3 nitrogen and oxygen atoms in total. The van der Waals surface area contributed by atoms with Crippen LogP contribution in [0.1, 0.15) is 5.56 Å². The van der Waals surface area contributed by atoms with Crippen LogP contribution in [0.15, 0.2) is 24.3 Å². The van der Waals surface area contributed by atoms with Gasteiger partial charge in [-0.15, -0.1) is 0 Å². The average Bonchev–Trinajstić information content (AvgIpc) is 2.18. The molecule has 16 heavy (non-hydrogen) atoms. The summed E-state index contributed by atoms with van der Waals surface area (Å²) in [5.41, 5.74) is 6.47. The van der Waals surface area contributed by atoms with Crippen LogP contribution in [0, 0.1) is 0 Å². The van der Waals surface area contributed by atoms with Crippen molar-refractivity contribution in [3.05, 3.63) is 34.9 Å². The number of halogens is 4. The molecule has 0 heterocycles. The highest BCUT2D eigenvalue weighted by Crippen LogP contribution is 2.13. The number of hydrogen-bond donors (Lipinski definition) is 2. The molecule has 0 amide bonds. The van der Waals surface area contributed by atoms with E-state index in [2.05, 4.69) is 0 Å². The Kier molecular flexibility index (Phi) is 5.84. The van der Waals surface area contributed by atoms with Crippen LogP contribution in [-0.2, 0) is 11.3 Å². The summed E-state index contributed by atoms with van der Waals surface area (Å²) in [5.74, 6) is -2.76. The van der Waals surface area contributed by atoms with E-state index in [1.165, 1.54) is 0 Å². The first kappa shape index (κ1) is 14.7. The van der Waals surface area contributed by atoms with E-state index in [0.717, 1.165) is 10.6 Å². The molecular formula is C9H9ClF3NO2. The molecule has 0 aromatic heterocycles. The molecule has 0 aliphatic carbocycles. The fraction of sp³-hybridized carbons (Fsp3) is 0.222. The van der Waals surface area contributed by atoms with Crippen LogP contribution in [0.25, 0.3) is 0 Å². The summed E-state index contributed by atoms with van der Waals surface area (Å²) >= 11 is 5.63. The van der Waals surface area contributed by atoms with Crippen LogP contribution in [0.3, 0.4) is 0 Å². The Balaban J connectivity index is 0.000000293. The molecule has 0 spiro atoms. The Labute approximate surface area is 94.6 Å². The maximum absolute atomic E-state index is 10.6. The molecule has 0 aliphatic heterocycles. The quantitative estimate of drug-likeness (QED) is 0.810. The molecule has 1 aromatic rings. The standard InChI is InChI=1S/C7H8ClN.C2HF3O2/c8-7-3-1-6(5-9)2-4-7;3-2(4,5)1(6)7/h1-4H,5,9H2;(H,6,7). The van der Waals surface area contributed by atoms with E-state index in [1.54, 1.807) is 0 Å². The van der Waals surface area contributed by atoms with Crippen LogP contribution in [-0.4, -0.2) is 17.3 Å². The minimum atomic E-state index is -5.08. The van der Waals surface area contributed by atoms with Crippen molar-refractivity contribution in [1.82, 2.24) is 0 Å². The molecule has 0 radical (unpaired) electrons. The topological polar surface area (TPSA) is 63.3 Å².